The summed E-state index contributed by atoms with van der Waals surface area (Å²) in [7, 11) is 0. The lowest BCUT2D eigenvalue weighted by molar-refractivity contribution is 1.02. The van der Waals surface area contributed by atoms with Crippen molar-refractivity contribution in [2.45, 2.75) is 9.37 Å². The summed E-state index contributed by atoms with van der Waals surface area (Å²) in [4.78, 5) is 12.1. The van der Waals surface area contributed by atoms with Gasteiger partial charge in [-0.1, -0.05) is 0 Å². The Morgan fingerprint density at radius 3 is 2.92 bits per heavy atom. The summed E-state index contributed by atoms with van der Waals surface area (Å²) in [6, 6.07) is 0. The highest BCUT2D eigenvalue weighted by Gasteiger charge is 2.05. The van der Waals surface area contributed by atoms with Crippen molar-refractivity contribution in [3.8, 4) is 0 Å². The van der Waals surface area contributed by atoms with Gasteiger partial charge in [0.15, 0.2) is 4.34 Å². The van der Waals surface area contributed by atoms with Gasteiger partial charge in [-0.3, -0.25) is 0 Å². The van der Waals surface area contributed by atoms with E-state index in [0.29, 0.717) is 0 Å². The predicted molar refractivity (Wildman–Crippen MR) is 58.8 cm³/mol. The summed E-state index contributed by atoms with van der Waals surface area (Å²) in [6.07, 6.45) is 4.85. The molecule has 0 radical (unpaired) electrons. The molecule has 0 saturated heterocycles. The molecule has 0 aliphatic heterocycles. The number of hydrogen-bond acceptors (Lipinski definition) is 6. The third-order valence-corrected chi connectivity index (χ3v) is 4.05. The first-order chi connectivity index (χ1) is 6.36. The van der Waals surface area contributed by atoms with E-state index in [9.17, 15) is 0 Å². The van der Waals surface area contributed by atoms with Crippen LogP contribution in [0.5, 0.6) is 0 Å². The second-order valence-corrected chi connectivity index (χ2v) is 5.16. The van der Waals surface area contributed by atoms with E-state index in [-0.39, 0.29) is 0 Å². The lowest BCUT2D eigenvalue weighted by Gasteiger charge is -1.96. The Kier molecular flexibility index (Phi) is 3.06. The summed E-state index contributed by atoms with van der Waals surface area (Å²) in [6.45, 7) is 0. The monoisotopic (exact) mass is 322 g/mol. The zero-order valence-corrected chi connectivity index (χ0v) is 10.0. The van der Waals surface area contributed by atoms with Gasteiger partial charge in [0.1, 0.15) is 17.7 Å². The van der Waals surface area contributed by atoms with E-state index in [1.54, 1.807) is 12.5 Å². The summed E-state index contributed by atoms with van der Waals surface area (Å²) in [5.41, 5.74) is 0. The molecule has 0 amide bonds. The predicted octanol–water partition coefficient (Wildman–Crippen LogP) is 2.08. The summed E-state index contributed by atoms with van der Waals surface area (Å²) < 4.78 is 5.84. The molecule has 0 atom stereocenters. The van der Waals surface area contributed by atoms with Crippen LogP contribution in [-0.2, 0) is 0 Å². The molecule has 0 unspecified atom stereocenters. The van der Waals surface area contributed by atoms with Crippen LogP contribution in [-0.4, -0.2) is 19.3 Å². The van der Waals surface area contributed by atoms with Crippen molar-refractivity contribution in [2.24, 2.45) is 0 Å². The second kappa shape index (κ2) is 4.29. The van der Waals surface area contributed by atoms with Gasteiger partial charge in [-0.25, -0.2) is 15.0 Å². The molecule has 2 heterocycles. The van der Waals surface area contributed by atoms with Crippen molar-refractivity contribution >= 4 is 45.9 Å². The number of nitrogens with zero attached hydrogens (tertiary/aromatic N) is 4. The smallest absolute Gasteiger partial charge is 0.176 e. The fourth-order valence-corrected chi connectivity index (χ4v) is 2.61. The lowest BCUT2D eigenvalue weighted by Crippen LogP contribution is -1.85. The Hall–Kier alpha value is -0.280. The fourth-order valence-electron chi connectivity index (χ4n) is 0.667. The van der Waals surface area contributed by atoms with Crippen molar-refractivity contribution < 1.29 is 0 Å². The Bertz CT molecular complexity index is 391. The zero-order valence-electron chi connectivity index (χ0n) is 6.22. The highest BCUT2D eigenvalue weighted by molar-refractivity contribution is 14.1. The largest absolute Gasteiger partial charge is 0.244 e. The van der Waals surface area contributed by atoms with Gasteiger partial charge in [-0.05, 0) is 45.9 Å². The molecule has 13 heavy (non-hydrogen) atoms. The molecule has 0 spiro atoms. The van der Waals surface area contributed by atoms with Crippen LogP contribution < -0.4 is 0 Å². The van der Waals surface area contributed by atoms with Crippen LogP contribution in [0.4, 0.5) is 0 Å². The van der Waals surface area contributed by atoms with Gasteiger partial charge >= 0.3 is 0 Å². The third kappa shape index (κ3) is 2.35. The first kappa shape index (κ1) is 9.28. The first-order valence-corrected chi connectivity index (χ1v) is 5.93. The molecule has 0 aliphatic rings. The maximum absolute atomic E-state index is 4.14. The Balaban J connectivity index is 2.24. The van der Waals surface area contributed by atoms with Crippen LogP contribution in [0.15, 0.2) is 28.2 Å². The average Bonchev–Trinajstić information content (AvgIpc) is 2.61. The molecular formula is C6H3IN4S2. The van der Waals surface area contributed by atoms with E-state index in [4.69, 9.17) is 0 Å². The maximum atomic E-state index is 4.14. The van der Waals surface area contributed by atoms with Gasteiger partial charge in [-0.15, -0.1) is 0 Å². The molecule has 2 aromatic rings. The van der Waals surface area contributed by atoms with Crippen LogP contribution in [0.1, 0.15) is 0 Å². The highest BCUT2D eigenvalue weighted by atomic mass is 127. The van der Waals surface area contributed by atoms with Gasteiger partial charge in [0, 0.05) is 6.20 Å². The highest BCUT2D eigenvalue weighted by Crippen LogP contribution is 2.28. The molecule has 7 heteroatoms. The topological polar surface area (TPSA) is 51.6 Å². The molecule has 0 fully saturated rings. The SMILES string of the molecule is Ic1cncnc1Sc1ncns1. The molecule has 2 aromatic heterocycles. The molecule has 0 saturated carbocycles. The number of hydrogen-bond donors (Lipinski definition) is 0. The minimum atomic E-state index is 0.900. The van der Waals surface area contributed by atoms with E-state index in [0.717, 1.165) is 12.9 Å². The van der Waals surface area contributed by atoms with E-state index in [2.05, 4.69) is 41.9 Å². The molecule has 4 nitrogen and oxygen atoms in total. The van der Waals surface area contributed by atoms with Crippen molar-refractivity contribution in [3.05, 3.63) is 22.4 Å². The minimum absolute atomic E-state index is 0.900. The van der Waals surface area contributed by atoms with Gasteiger partial charge in [-0.2, -0.15) is 4.37 Å². The summed E-state index contributed by atoms with van der Waals surface area (Å²) in [5.74, 6) is 0. The van der Waals surface area contributed by atoms with E-state index in [1.165, 1.54) is 29.6 Å². The number of rotatable bonds is 2. The zero-order chi connectivity index (χ0) is 9.10. The van der Waals surface area contributed by atoms with Crippen LogP contribution in [0.3, 0.4) is 0 Å². The van der Waals surface area contributed by atoms with Crippen LogP contribution in [0, 0.1) is 3.57 Å². The quantitative estimate of drug-likeness (QED) is 0.626. The van der Waals surface area contributed by atoms with E-state index in [1.807, 2.05) is 0 Å². The van der Waals surface area contributed by atoms with Crippen LogP contribution in [0.2, 0.25) is 0 Å². The normalized spacial score (nSPS) is 10.2. The van der Waals surface area contributed by atoms with Gasteiger partial charge in [0.2, 0.25) is 0 Å². The Morgan fingerprint density at radius 1 is 1.31 bits per heavy atom. The van der Waals surface area contributed by atoms with E-state index >= 15 is 0 Å². The van der Waals surface area contributed by atoms with Crippen molar-refractivity contribution in [1.29, 1.82) is 0 Å². The molecule has 0 bridgehead atoms. The van der Waals surface area contributed by atoms with Gasteiger partial charge < -0.3 is 0 Å². The summed E-state index contributed by atoms with van der Waals surface area (Å²) >= 11 is 5.07. The molecule has 66 valence electrons. The van der Waals surface area contributed by atoms with Crippen molar-refractivity contribution in [2.75, 3.05) is 0 Å². The third-order valence-electron chi connectivity index (χ3n) is 1.16. The summed E-state index contributed by atoms with van der Waals surface area (Å²) in [5, 5.41) is 0.923. The van der Waals surface area contributed by atoms with Crippen molar-refractivity contribution in [1.82, 2.24) is 19.3 Å². The molecule has 0 aliphatic carbocycles. The maximum Gasteiger partial charge on any atom is 0.176 e. The molecule has 0 N–H and O–H groups in total. The van der Waals surface area contributed by atoms with Gasteiger partial charge in [0.25, 0.3) is 0 Å². The Labute approximate surface area is 96.5 Å². The lowest BCUT2D eigenvalue weighted by atomic mass is 10.7. The van der Waals surface area contributed by atoms with Crippen LogP contribution >= 0.6 is 45.9 Å². The fraction of sp³-hybridized carbons (Fsp3) is 0. The Morgan fingerprint density at radius 2 is 2.23 bits per heavy atom. The van der Waals surface area contributed by atoms with E-state index < -0.39 is 0 Å². The number of halogens is 1. The van der Waals surface area contributed by atoms with Crippen molar-refractivity contribution in [3.63, 3.8) is 0 Å². The minimum Gasteiger partial charge on any atom is -0.244 e. The second-order valence-electron chi connectivity index (χ2n) is 1.99. The molecule has 2 rings (SSSR count). The average molecular weight is 322 g/mol. The first-order valence-electron chi connectivity index (χ1n) is 3.26. The molecular weight excluding hydrogens is 319 g/mol. The van der Waals surface area contributed by atoms with Crippen LogP contribution in [0.25, 0.3) is 0 Å². The standard InChI is InChI=1S/C6H3IN4S2/c7-4-1-8-2-9-5(4)12-6-10-3-11-13-6/h1-3H. The number of aromatic nitrogens is 4. The van der Waals surface area contributed by atoms with Gasteiger partial charge in [0.05, 0.1) is 3.57 Å². The molecule has 0 aromatic carbocycles.